The standard InChI is InChI=1S/C26H37NO4/c1-26(2,3)19-9-12-23(28)20-15-17-22(18-16-20)27-21(11-8-13-24(27)29)10-6-4-5-7-14-25(30)31/h15-18,21,23,28H,4-5,7-9,11-14,19H2,1-3H3,(H,30,31). The Hall–Kier alpha value is -2.32. The Kier molecular flexibility index (Phi) is 9.58. The van der Waals surface area contributed by atoms with E-state index in [1.54, 1.807) is 4.90 Å². The predicted molar refractivity (Wildman–Crippen MR) is 124 cm³/mol. The van der Waals surface area contributed by atoms with Gasteiger partial charge in [0.15, 0.2) is 0 Å². The first-order chi connectivity index (χ1) is 14.7. The minimum absolute atomic E-state index is 0.0786. The average molecular weight is 428 g/mol. The molecule has 2 N–H and O–H groups in total. The van der Waals surface area contributed by atoms with Crippen molar-refractivity contribution in [1.82, 2.24) is 0 Å². The summed E-state index contributed by atoms with van der Waals surface area (Å²) in [6.07, 6.45) is 6.66. The van der Waals surface area contributed by atoms with Crippen LogP contribution < -0.4 is 4.90 Å². The van der Waals surface area contributed by atoms with E-state index in [-0.39, 0.29) is 23.8 Å². The van der Waals surface area contributed by atoms with E-state index in [0.717, 1.165) is 49.8 Å². The molecule has 2 atom stereocenters. The van der Waals surface area contributed by atoms with Crippen molar-refractivity contribution in [3.8, 4) is 11.8 Å². The van der Waals surface area contributed by atoms with Gasteiger partial charge in [0.05, 0.1) is 12.1 Å². The molecule has 1 fully saturated rings. The number of unbranched alkanes of at least 4 members (excludes halogenated alkanes) is 2. The van der Waals surface area contributed by atoms with Crippen molar-refractivity contribution in [2.45, 2.75) is 97.1 Å². The molecule has 1 aromatic carbocycles. The lowest BCUT2D eigenvalue weighted by molar-refractivity contribution is -0.137. The molecule has 5 heteroatoms. The summed E-state index contributed by atoms with van der Waals surface area (Å²) in [6.45, 7) is 6.62. The quantitative estimate of drug-likeness (QED) is 0.405. The van der Waals surface area contributed by atoms with Crippen LogP contribution in [0.2, 0.25) is 0 Å². The molecule has 0 aromatic heterocycles. The van der Waals surface area contributed by atoms with Crippen LogP contribution in [0.1, 0.15) is 96.6 Å². The predicted octanol–water partition coefficient (Wildman–Crippen LogP) is 5.47. The summed E-state index contributed by atoms with van der Waals surface area (Å²) in [5, 5.41) is 19.2. The van der Waals surface area contributed by atoms with Crippen LogP contribution in [0, 0.1) is 17.3 Å². The van der Waals surface area contributed by atoms with Crippen LogP contribution in [0.5, 0.6) is 0 Å². The maximum atomic E-state index is 12.6. The Morgan fingerprint density at radius 2 is 1.90 bits per heavy atom. The van der Waals surface area contributed by atoms with Gasteiger partial charge in [-0.05, 0) is 61.6 Å². The Bertz CT molecular complexity index is 782. The fourth-order valence-electron chi connectivity index (χ4n) is 3.86. The van der Waals surface area contributed by atoms with Gasteiger partial charge in [0.25, 0.3) is 0 Å². The van der Waals surface area contributed by atoms with Gasteiger partial charge in [-0.3, -0.25) is 14.5 Å². The second kappa shape index (κ2) is 11.9. The van der Waals surface area contributed by atoms with Gasteiger partial charge in [-0.1, -0.05) is 45.2 Å². The molecule has 0 aliphatic carbocycles. The number of aliphatic hydroxyl groups excluding tert-OH is 1. The molecule has 0 saturated carbocycles. The fourth-order valence-corrected chi connectivity index (χ4v) is 3.86. The van der Waals surface area contributed by atoms with Crippen LogP contribution in [0.3, 0.4) is 0 Å². The lowest BCUT2D eigenvalue weighted by atomic mass is 9.88. The summed E-state index contributed by atoms with van der Waals surface area (Å²) in [4.78, 5) is 25.0. The van der Waals surface area contributed by atoms with E-state index in [1.165, 1.54) is 0 Å². The molecule has 0 radical (unpaired) electrons. The highest BCUT2D eigenvalue weighted by molar-refractivity contribution is 5.95. The van der Waals surface area contributed by atoms with Crippen LogP contribution >= 0.6 is 0 Å². The molecule has 1 amide bonds. The van der Waals surface area contributed by atoms with E-state index in [1.807, 2.05) is 24.3 Å². The van der Waals surface area contributed by atoms with Crippen molar-refractivity contribution in [3.05, 3.63) is 29.8 Å². The molecule has 2 unspecified atom stereocenters. The molecule has 0 bridgehead atoms. The van der Waals surface area contributed by atoms with Crippen LogP contribution in [0.4, 0.5) is 5.69 Å². The third-order valence-corrected chi connectivity index (χ3v) is 5.62. The Morgan fingerprint density at radius 3 is 2.55 bits per heavy atom. The van der Waals surface area contributed by atoms with Gasteiger partial charge >= 0.3 is 5.97 Å². The number of carbonyl (C=O) groups is 2. The van der Waals surface area contributed by atoms with Gasteiger partial charge in [-0.15, -0.1) is 5.92 Å². The Labute approximate surface area is 186 Å². The number of aliphatic hydroxyl groups is 1. The van der Waals surface area contributed by atoms with Gasteiger partial charge in [-0.2, -0.15) is 0 Å². The van der Waals surface area contributed by atoms with Crippen LogP contribution in [0.25, 0.3) is 0 Å². The minimum atomic E-state index is -0.778. The zero-order chi connectivity index (χ0) is 22.9. The third kappa shape index (κ3) is 8.75. The summed E-state index contributed by atoms with van der Waals surface area (Å²) in [5.74, 6) is 5.66. The smallest absolute Gasteiger partial charge is 0.303 e. The molecule has 1 saturated heterocycles. The molecule has 2 rings (SSSR count). The van der Waals surface area contributed by atoms with E-state index in [0.29, 0.717) is 19.3 Å². The molecular formula is C26H37NO4. The van der Waals surface area contributed by atoms with E-state index < -0.39 is 12.1 Å². The summed E-state index contributed by atoms with van der Waals surface area (Å²) < 4.78 is 0. The van der Waals surface area contributed by atoms with Gasteiger partial charge in [0, 0.05) is 24.9 Å². The zero-order valence-electron chi connectivity index (χ0n) is 19.2. The normalized spacial score (nSPS) is 17.7. The number of nitrogens with zero attached hydrogens (tertiary/aromatic N) is 1. The first-order valence-corrected chi connectivity index (χ1v) is 11.5. The first-order valence-electron chi connectivity index (χ1n) is 11.5. The molecular weight excluding hydrogens is 390 g/mol. The molecule has 31 heavy (non-hydrogen) atoms. The summed E-state index contributed by atoms with van der Waals surface area (Å²) in [6, 6.07) is 7.49. The second-order valence-electron chi connectivity index (χ2n) is 9.65. The van der Waals surface area contributed by atoms with Crippen LogP contribution in [-0.2, 0) is 9.59 Å². The van der Waals surface area contributed by atoms with Gasteiger partial charge in [-0.25, -0.2) is 0 Å². The molecule has 1 aliphatic heterocycles. The molecule has 1 aromatic rings. The number of carboxylic acids is 1. The van der Waals surface area contributed by atoms with E-state index in [9.17, 15) is 14.7 Å². The number of carboxylic acid groups (broad SMARTS) is 1. The van der Waals surface area contributed by atoms with Crippen molar-refractivity contribution in [2.24, 2.45) is 5.41 Å². The average Bonchev–Trinajstić information content (AvgIpc) is 2.69. The lowest BCUT2D eigenvalue weighted by Gasteiger charge is -2.32. The van der Waals surface area contributed by atoms with Crippen molar-refractivity contribution in [3.63, 3.8) is 0 Å². The van der Waals surface area contributed by atoms with E-state index >= 15 is 0 Å². The molecule has 170 valence electrons. The number of rotatable bonds is 9. The number of anilines is 1. The van der Waals surface area contributed by atoms with Crippen molar-refractivity contribution >= 4 is 17.6 Å². The van der Waals surface area contributed by atoms with Gasteiger partial charge in [0.2, 0.25) is 5.91 Å². The highest BCUT2D eigenvalue weighted by Gasteiger charge is 2.28. The molecule has 0 spiro atoms. The monoisotopic (exact) mass is 427 g/mol. The number of benzene rings is 1. The van der Waals surface area contributed by atoms with Crippen LogP contribution in [-0.4, -0.2) is 28.1 Å². The highest BCUT2D eigenvalue weighted by Crippen LogP contribution is 2.29. The fraction of sp³-hybridized carbons (Fsp3) is 0.615. The summed E-state index contributed by atoms with van der Waals surface area (Å²) >= 11 is 0. The van der Waals surface area contributed by atoms with Crippen molar-refractivity contribution in [1.29, 1.82) is 0 Å². The van der Waals surface area contributed by atoms with Gasteiger partial charge in [0.1, 0.15) is 0 Å². The second-order valence-corrected chi connectivity index (χ2v) is 9.65. The molecule has 1 aliphatic rings. The Morgan fingerprint density at radius 1 is 1.19 bits per heavy atom. The molecule has 1 heterocycles. The number of hydrogen-bond donors (Lipinski definition) is 2. The Balaban J connectivity index is 1.98. The number of amides is 1. The van der Waals surface area contributed by atoms with E-state index in [2.05, 4.69) is 32.6 Å². The van der Waals surface area contributed by atoms with E-state index in [4.69, 9.17) is 5.11 Å². The maximum Gasteiger partial charge on any atom is 0.303 e. The summed E-state index contributed by atoms with van der Waals surface area (Å²) in [5.41, 5.74) is 1.97. The van der Waals surface area contributed by atoms with Crippen LogP contribution in [0.15, 0.2) is 24.3 Å². The zero-order valence-corrected chi connectivity index (χ0v) is 19.2. The topological polar surface area (TPSA) is 77.8 Å². The summed E-state index contributed by atoms with van der Waals surface area (Å²) in [7, 11) is 0. The van der Waals surface area contributed by atoms with Gasteiger partial charge < -0.3 is 10.2 Å². The number of aliphatic carboxylic acids is 1. The lowest BCUT2D eigenvalue weighted by Crippen LogP contribution is -2.43. The number of carbonyl (C=O) groups excluding carboxylic acids is 1. The highest BCUT2D eigenvalue weighted by atomic mass is 16.4. The number of hydrogen-bond acceptors (Lipinski definition) is 3. The molecule has 5 nitrogen and oxygen atoms in total. The largest absolute Gasteiger partial charge is 0.481 e. The first kappa shape index (κ1) is 24.9. The maximum absolute atomic E-state index is 12.6. The minimum Gasteiger partial charge on any atom is -0.481 e. The van der Waals surface area contributed by atoms with Crippen molar-refractivity contribution < 1.29 is 19.8 Å². The van der Waals surface area contributed by atoms with Crippen molar-refractivity contribution in [2.75, 3.05) is 4.90 Å². The SMILES string of the molecule is CC(C)(C)CCCC(O)c1ccc(N2C(=O)CCCC2C#CCCCCC(=O)O)cc1. The third-order valence-electron chi connectivity index (χ3n) is 5.62. The number of piperidine rings is 1.